The first kappa shape index (κ1) is 41.3. The predicted octanol–water partition coefficient (Wildman–Crippen LogP) is 5.53. The zero-order valence-electron chi connectivity index (χ0n) is 31.3. The molecule has 0 bridgehead atoms. The number of hydrogen-bond donors (Lipinski definition) is 6. The third-order valence-corrected chi connectivity index (χ3v) is 9.58. The Morgan fingerprint density at radius 2 is 1.08 bits per heavy atom. The molecule has 0 spiro atoms. The summed E-state index contributed by atoms with van der Waals surface area (Å²) in [6.45, 7) is 6.87. The van der Waals surface area contributed by atoms with Crippen LogP contribution >= 0.6 is 11.8 Å². The summed E-state index contributed by atoms with van der Waals surface area (Å²) >= 11 is 1.92. The van der Waals surface area contributed by atoms with E-state index < -0.39 is 0 Å². The summed E-state index contributed by atoms with van der Waals surface area (Å²) < 4.78 is 0. The highest BCUT2D eigenvalue weighted by atomic mass is 32.2. The Balaban J connectivity index is 0.000000180. The SMILES string of the molecule is CNCCC(=O)NCCNCc1cccc2cnccc12.CNCCCSc1cccc2cnccc12.CNCCNCc1cccc2cnccc12. The predicted molar refractivity (Wildman–Crippen MR) is 223 cm³/mol. The molecule has 0 atom stereocenters. The monoisotopic (exact) mass is 733 g/mol. The number of thioether (sulfide) groups is 1. The molecule has 3 heterocycles. The number of aromatic nitrogens is 3. The van der Waals surface area contributed by atoms with Crippen LogP contribution in [0.4, 0.5) is 0 Å². The Labute approximate surface area is 318 Å². The van der Waals surface area contributed by atoms with Crippen molar-refractivity contribution in [2.45, 2.75) is 30.8 Å². The minimum Gasteiger partial charge on any atom is -0.355 e. The number of nitrogens with zero attached hydrogens (tertiary/aromatic N) is 3. The Hall–Kier alpha value is -4.49. The van der Waals surface area contributed by atoms with Gasteiger partial charge in [-0.1, -0.05) is 48.5 Å². The van der Waals surface area contributed by atoms with Crippen molar-refractivity contribution in [3.63, 3.8) is 0 Å². The van der Waals surface area contributed by atoms with E-state index in [1.807, 2.05) is 82.2 Å². The van der Waals surface area contributed by atoms with Gasteiger partial charge < -0.3 is 31.9 Å². The molecular weight excluding hydrogens is 679 g/mol. The molecule has 0 aliphatic carbocycles. The zero-order valence-corrected chi connectivity index (χ0v) is 32.1. The van der Waals surface area contributed by atoms with E-state index >= 15 is 0 Å². The maximum Gasteiger partial charge on any atom is 0.221 e. The lowest BCUT2D eigenvalue weighted by atomic mass is 10.1. The molecule has 6 aromatic rings. The third-order valence-electron chi connectivity index (χ3n) is 8.42. The average Bonchev–Trinajstić information content (AvgIpc) is 3.21. The van der Waals surface area contributed by atoms with Gasteiger partial charge in [-0.05, 0) is 91.4 Å². The van der Waals surface area contributed by atoms with Crippen molar-refractivity contribution < 1.29 is 4.79 Å². The number of fused-ring (bicyclic) bond motifs is 3. The van der Waals surface area contributed by atoms with Crippen LogP contribution in [0.2, 0.25) is 0 Å². The number of pyridine rings is 3. The molecular formula is C42H55N9OS. The summed E-state index contributed by atoms with van der Waals surface area (Å²) in [4.78, 5) is 25.2. The van der Waals surface area contributed by atoms with Gasteiger partial charge in [0.2, 0.25) is 5.91 Å². The molecule has 3 aromatic carbocycles. The second-order valence-electron chi connectivity index (χ2n) is 12.3. The van der Waals surface area contributed by atoms with Gasteiger partial charge in [0.1, 0.15) is 0 Å². The summed E-state index contributed by atoms with van der Waals surface area (Å²) in [5, 5.41) is 26.3. The molecule has 3 aromatic heterocycles. The van der Waals surface area contributed by atoms with Crippen molar-refractivity contribution in [2.24, 2.45) is 0 Å². The van der Waals surface area contributed by atoms with Crippen molar-refractivity contribution >= 4 is 50.0 Å². The van der Waals surface area contributed by atoms with Crippen LogP contribution in [0.5, 0.6) is 0 Å². The molecule has 0 aliphatic heterocycles. The second-order valence-corrected chi connectivity index (χ2v) is 13.5. The quantitative estimate of drug-likeness (QED) is 0.0496. The highest BCUT2D eigenvalue weighted by Gasteiger charge is 2.03. The first-order valence-electron chi connectivity index (χ1n) is 18.3. The van der Waals surface area contributed by atoms with Gasteiger partial charge in [-0.15, -0.1) is 11.8 Å². The molecule has 0 fully saturated rings. The van der Waals surface area contributed by atoms with Gasteiger partial charge >= 0.3 is 0 Å². The van der Waals surface area contributed by atoms with E-state index in [4.69, 9.17) is 0 Å². The van der Waals surface area contributed by atoms with Gasteiger partial charge in [0, 0.05) is 110 Å². The molecule has 6 N–H and O–H groups in total. The number of nitrogens with one attached hydrogen (secondary N) is 6. The molecule has 6 rings (SSSR count). The normalized spacial score (nSPS) is 10.8. The fraction of sp³-hybridized carbons (Fsp3) is 0.333. The van der Waals surface area contributed by atoms with Gasteiger partial charge in [-0.3, -0.25) is 19.7 Å². The van der Waals surface area contributed by atoms with Crippen LogP contribution in [-0.4, -0.2) is 87.0 Å². The van der Waals surface area contributed by atoms with Gasteiger partial charge in [-0.25, -0.2) is 0 Å². The summed E-state index contributed by atoms with van der Waals surface area (Å²) in [5.74, 6) is 1.24. The average molecular weight is 734 g/mol. The van der Waals surface area contributed by atoms with E-state index in [2.05, 4.69) is 108 Å². The smallest absolute Gasteiger partial charge is 0.221 e. The standard InChI is InChI=1S/C16H22N4O.C13H17N3.C13H16N2S/c1-17-7-6-16(21)20-10-9-19-12-14-4-2-3-13-11-18-8-5-15(13)14;1-14-7-8-16-10-12-4-2-3-11-9-15-6-5-13(11)12;1-14-7-3-9-16-13-5-2-4-11-10-15-8-6-12(11)13/h2-5,8,11,17,19H,6-7,9-10,12H2,1H3,(H,20,21);2-6,9,14,16H,7-8,10H2,1H3;2,4-6,8,10,14H,3,7,9H2,1H3. The van der Waals surface area contributed by atoms with E-state index in [0.29, 0.717) is 19.5 Å². The lowest BCUT2D eigenvalue weighted by Gasteiger charge is -2.09. The molecule has 10 nitrogen and oxygen atoms in total. The summed E-state index contributed by atoms with van der Waals surface area (Å²) in [7, 11) is 5.80. The number of hydrogen-bond acceptors (Lipinski definition) is 10. The van der Waals surface area contributed by atoms with Crippen molar-refractivity contribution in [2.75, 3.05) is 66.2 Å². The largest absolute Gasteiger partial charge is 0.355 e. The van der Waals surface area contributed by atoms with Crippen LogP contribution in [0.15, 0.2) is 115 Å². The Morgan fingerprint density at radius 1 is 0.566 bits per heavy atom. The topological polar surface area (TPSA) is 128 Å². The van der Waals surface area contributed by atoms with Gasteiger partial charge in [0.05, 0.1) is 0 Å². The van der Waals surface area contributed by atoms with Gasteiger partial charge in [0.15, 0.2) is 0 Å². The Morgan fingerprint density at radius 3 is 1.64 bits per heavy atom. The lowest BCUT2D eigenvalue weighted by Crippen LogP contribution is -2.32. The minimum atomic E-state index is 0.0855. The number of likely N-dealkylation sites (N-methyl/N-ethyl adjacent to an activating group) is 1. The Kier molecular flexibility index (Phi) is 19.2. The van der Waals surface area contributed by atoms with Crippen LogP contribution < -0.4 is 31.9 Å². The molecule has 0 saturated heterocycles. The van der Waals surface area contributed by atoms with Crippen LogP contribution in [0.1, 0.15) is 24.0 Å². The summed E-state index contributed by atoms with van der Waals surface area (Å²) in [6.07, 6.45) is 12.9. The number of carbonyl (C=O) groups is 1. The zero-order chi connectivity index (χ0) is 37.4. The van der Waals surface area contributed by atoms with Crippen LogP contribution in [0, 0.1) is 0 Å². The number of rotatable bonds is 18. The highest BCUT2D eigenvalue weighted by Crippen LogP contribution is 2.27. The number of benzene rings is 3. The molecule has 280 valence electrons. The fourth-order valence-electron chi connectivity index (χ4n) is 5.61. The minimum absolute atomic E-state index is 0.0855. The molecule has 0 radical (unpaired) electrons. The number of carbonyl (C=O) groups excluding carboxylic acids is 1. The van der Waals surface area contributed by atoms with E-state index in [1.165, 1.54) is 49.4 Å². The molecule has 11 heteroatoms. The van der Waals surface area contributed by atoms with Crippen molar-refractivity contribution in [1.82, 2.24) is 46.9 Å². The Bertz CT molecular complexity index is 1840. The maximum atomic E-state index is 11.4. The van der Waals surface area contributed by atoms with E-state index in [9.17, 15) is 4.79 Å². The van der Waals surface area contributed by atoms with E-state index in [0.717, 1.165) is 50.4 Å². The summed E-state index contributed by atoms with van der Waals surface area (Å²) in [6, 6.07) is 25.2. The maximum absolute atomic E-state index is 11.4. The van der Waals surface area contributed by atoms with E-state index in [-0.39, 0.29) is 5.91 Å². The van der Waals surface area contributed by atoms with Crippen molar-refractivity contribution in [3.05, 3.63) is 121 Å². The van der Waals surface area contributed by atoms with Crippen molar-refractivity contribution in [1.29, 1.82) is 0 Å². The molecule has 1 amide bonds. The lowest BCUT2D eigenvalue weighted by molar-refractivity contribution is -0.120. The molecule has 0 unspecified atom stereocenters. The second kappa shape index (κ2) is 24.7. The van der Waals surface area contributed by atoms with Gasteiger partial charge in [0.25, 0.3) is 0 Å². The van der Waals surface area contributed by atoms with Gasteiger partial charge in [-0.2, -0.15) is 0 Å². The fourth-order valence-corrected chi connectivity index (χ4v) is 6.64. The molecule has 53 heavy (non-hydrogen) atoms. The first-order chi connectivity index (χ1) is 26.1. The third kappa shape index (κ3) is 14.5. The number of amides is 1. The summed E-state index contributed by atoms with van der Waals surface area (Å²) in [5.41, 5.74) is 2.58. The highest BCUT2D eigenvalue weighted by molar-refractivity contribution is 7.99. The van der Waals surface area contributed by atoms with Crippen LogP contribution in [-0.2, 0) is 17.9 Å². The van der Waals surface area contributed by atoms with Crippen LogP contribution in [0.25, 0.3) is 32.3 Å². The molecule has 0 aliphatic rings. The van der Waals surface area contributed by atoms with Crippen molar-refractivity contribution in [3.8, 4) is 0 Å². The van der Waals surface area contributed by atoms with E-state index in [1.54, 1.807) is 0 Å². The van der Waals surface area contributed by atoms with Crippen LogP contribution in [0.3, 0.4) is 0 Å². The molecule has 0 saturated carbocycles. The first-order valence-corrected chi connectivity index (χ1v) is 19.3.